The minimum Gasteiger partial charge on any atom is -0.357 e. The fourth-order valence-corrected chi connectivity index (χ4v) is 3.94. The van der Waals surface area contributed by atoms with Crippen LogP contribution in [0, 0.1) is 0 Å². The summed E-state index contributed by atoms with van der Waals surface area (Å²) in [6, 6.07) is 17.2. The Morgan fingerprint density at radius 1 is 1.07 bits per heavy atom. The van der Waals surface area contributed by atoms with Crippen LogP contribution < -0.4 is 10.6 Å². The van der Waals surface area contributed by atoms with Crippen LogP contribution >= 0.6 is 11.8 Å². The second kappa shape index (κ2) is 10.4. The van der Waals surface area contributed by atoms with Gasteiger partial charge in [-0.2, -0.15) is 0 Å². The number of guanidine groups is 1. The minimum atomic E-state index is -3.17. The normalized spacial score (nSPS) is 13.2. The van der Waals surface area contributed by atoms with Crippen LogP contribution in [0.15, 0.2) is 69.4 Å². The minimum absolute atomic E-state index is 0.326. The molecule has 146 valence electrons. The maximum Gasteiger partial charge on any atom is 0.191 e. The number of rotatable bonds is 8. The third-order valence-corrected chi connectivity index (χ3v) is 5.99. The molecule has 0 aliphatic rings. The smallest absolute Gasteiger partial charge is 0.191 e. The fraction of sp³-hybridized carbons (Fsp3) is 0.350. The van der Waals surface area contributed by atoms with E-state index in [1.54, 1.807) is 24.3 Å². The Morgan fingerprint density at radius 3 is 2.33 bits per heavy atom. The molecule has 0 saturated heterocycles. The van der Waals surface area contributed by atoms with Crippen LogP contribution in [0.5, 0.6) is 0 Å². The zero-order chi connectivity index (χ0) is 19.7. The van der Waals surface area contributed by atoms with Gasteiger partial charge in [0.25, 0.3) is 0 Å². The average Bonchev–Trinajstić information content (AvgIpc) is 2.64. The van der Waals surface area contributed by atoms with Gasteiger partial charge in [0.1, 0.15) is 0 Å². The van der Waals surface area contributed by atoms with Gasteiger partial charge < -0.3 is 10.6 Å². The molecule has 2 rings (SSSR count). The molecule has 0 aliphatic heterocycles. The Balaban J connectivity index is 1.91. The number of thioether (sulfide) groups is 1. The van der Waals surface area contributed by atoms with Gasteiger partial charge in [-0.15, -0.1) is 11.8 Å². The molecule has 0 bridgehead atoms. The number of hydrogen-bond acceptors (Lipinski definition) is 4. The van der Waals surface area contributed by atoms with Crippen LogP contribution in [0.25, 0.3) is 0 Å². The van der Waals surface area contributed by atoms with E-state index in [-0.39, 0.29) is 0 Å². The molecular formula is C20H27N3O2S2. The molecule has 2 aromatic rings. The van der Waals surface area contributed by atoms with Crippen LogP contribution in [-0.2, 0) is 16.4 Å². The van der Waals surface area contributed by atoms with Gasteiger partial charge in [0.15, 0.2) is 15.8 Å². The van der Waals surface area contributed by atoms with Gasteiger partial charge in [-0.1, -0.05) is 37.3 Å². The van der Waals surface area contributed by atoms with Crippen LogP contribution in [0.3, 0.4) is 0 Å². The highest BCUT2D eigenvalue weighted by molar-refractivity contribution is 8.00. The third-order valence-electron chi connectivity index (χ3n) is 3.75. The number of hydrogen-bond donors (Lipinski definition) is 2. The summed E-state index contributed by atoms with van der Waals surface area (Å²) in [5.41, 5.74) is 0.964. The Bertz CT molecular complexity index is 835. The Hall–Kier alpha value is -1.99. The zero-order valence-electron chi connectivity index (χ0n) is 16.0. The lowest BCUT2D eigenvalue weighted by Gasteiger charge is -2.15. The van der Waals surface area contributed by atoms with E-state index in [1.165, 1.54) is 11.2 Å². The van der Waals surface area contributed by atoms with Gasteiger partial charge >= 0.3 is 0 Å². The van der Waals surface area contributed by atoms with E-state index >= 15 is 0 Å². The molecule has 2 aromatic carbocycles. The van der Waals surface area contributed by atoms with E-state index < -0.39 is 9.84 Å². The topological polar surface area (TPSA) is 70.6 Å². The molecule has 0 aromatic heterocycles. The van der Waals surface area contributed by atoms with Crippen molar-refractivity contribution in [3.8, 4) is 0 Å². The van der Waals surface area contributed by atoms with E-state index in [2.05, 4.69) is 34.7 Å². The molecule has 0 amide bonds. The lowest BCUT2D eigenvalue weighted by atomic mass is 10.2. The summed E-state index contributed by atoms with van der Waals surface area (Å²) in [6.07, 6.45) is 1.21. The fourth-order valence-electron chi connectivity index (χ4n) is 2.37. The highest BCUT2D eigenvalue weighted by atomic mass is 32.2. The summed E-state index contributed by atoms with van der Waals surface area (Å²) < 4.78 is 23.1. The molecule has 0 saturated carbocycles. The van der Waals surface area contributed by atoms with Gasteiger partial charge in [-0.05, 0) is 36.8 Å². The first kappa shape index (κ1) is 21.3. The van der Waals surface area contributed by atoms with E-state index in [4.69, 9.17) is 0 Å². The van der Waals surface area contributed by atoms with Gasteiger partial charge in [-0.3, -0.25) is 0 Å². The monoisotopic (exact) mass is 405 g/mol. The van der Waals surface area contributed by atoms with E-state index in [0.29, 0.717) is 16.7 Å². The largest absolute Gasteiger partial charge is 0.357 e. The zero-order valence-corrected chi connectivity index (χ0v) is 17.6. The summed E-state index contributed by atoms with van der Waals surface area (Å²) in [7, 11) is -3.17. The molecule has 1 atom stereocenters. The Morgan fingerprint density at radius 2 is 1.74 bits per heavy atom. The predicted molar refractivity (Wildman–Crippen MR) is 114 cm³/mol. The number of sulfone groups is 1. The summed E-state index contributed by atoms with van der Waals surface area (Å²) in [5, 5.41) is 7.00. The summed E-state index contributed by atoms with van der Waals surface area (Å²) in [6.45, 7) is 6.26. The van der Waals surface area contributed by atoms with Crippen molar-refractivity contribution in [2.24, 2.45) is 4.99 Å². The van der Waals surface area contributed by atoms with Crippen molar-refractivity contribution in [2.45, 2.75) is 35.4 Å². The molecule has 27 heavy (non-hydrogen) atoms. The van der Waals surface area contributed by atoms with Crippen molar-refractivity contribution in [3.05, 3.63) is 60.2 Å². The molecule has 0 heterocycles. The van der Waals surface area contributed by atoms with Crippen molar-refractivity contribution in [2.75, 3.05) is 19.3 Å². The van der Waals surface area contributed by atoms with Crippen molar-refractivity contribution in [1.82, 2.24) is 10.6 Å². The van der Waals surface area contributed by atoms with Crippen molar-refractivity contribution in [3.63, 3.8) is 0 Å². The molecule has 0 fully saturated rings. The molecule has 5 nitrogen and oxygen atoms in total. The molecule has 0 spiro atoms. The number of nitrogens with zero attached hydrogens (tertiary/aromatic N) is 1. The second-order valence-electron chi connectivity index (χ2n) is 6.23. The number of benzene rings is 2. The van der Waals surface area contributed by atoms with Gasteiger partial charge in [-0.25, -0.2) is 13.4 Å². The maximum absolute atomic E-state index is 11.5. The first-order chi connectivity index (χ1) is 12.9. The number of aliphatic imine (C=N–C) groups is 1. The first-order valence-electron chi connectivity index (χ1n) is 8.91. The van der Waals surface area contributed by atoms with E-state index in [1.807, 2.05) is 36.9 Å². The van der Waals surface area contributed by atoms with Crippen LogP contribution in [0.2, 0.25) is 0 Å². The Labute approximate surface area is 166 Å². The molecule has 1 unspecified atom stereocenters. The summed E-state index contributed by atoms with van der Waals surface area (Å²) in [4.78, 5) is 6.17. The van der Waals surface area contributed by atoms with E-state index in [0.717, 1.165) is 24.6 Å². The van der Waals surface area contributed by atoms with Gasteiger partial charge in [0, 0.05) is 29.5 Å². The SMILES string of the molecule is CCNC(=NCc1ccc(S(C)(=O)=O)cc1)NCC(C)Sc1ccccc1. The highest BCUT2D eigenvalue weighted by Gasteiger charge is 2.07. The second-order valence-corrected chi connectivity index (χ2v) is 9.76. The molecule has 0 aliphatic carbocycles. The van der Waals surface area contributed by atoms with Crippen molar-refractivity contribution < 1.29 is 8.42 Å². The maximum atomic E-state index is 11.5. The summed E-state index contributed by atoms with van der Waals surface area (Å²) >= 11 is 1.82. The number of nitrogens with one attached hydrogen (secondary N) is 2. The lowest BCUT2D eigenvalue weighted by Crippen LogP contribution is -2.40. The quantitative estimate of drug-likeness (QED) is 0.400. The molecule has 7 heteroatoms. The Kier molecular flexibility index (Phi) is 8.19. The molecule has 0 radical (unpaired) electrons. The first-order valence-corrected chi connectivity index (χ1v) is 11.7. The van der Waals surface area contributed by atoms with E-state index in [9.17, 15) is 8.42 Å². The summed E-state index contributed by atoms with van der Waals surface area (Å²) in [5.74, 6) is 0.755. The molecular weight excluding hydrogens is 378 g/mol. The molecule has 2 N–H and O–H groups in total. The average molecular weight is 406 g/mol. The lowest BCUT2D eigenvalue weighted by molar-refractivity contribution is 0.602. The predicted octanol–water partition coefficient (Wildman–Crippen LogP) is 3.33. The van der Waals surface area contributed by atoms with Crippen LogP contribution in [0.1, 0.15) is 19.4 Å². The van der Waals surface area contributed by atoms with Crippen LogP contribution in [-0.4, -0.2) is 39.0 Å². The highest BCUT2D eigenvalue weighted by Crippen LogP contribution is 2.21. The van der Waals surface area contributed by atoms with Crippen molar-refractivity contribution in [1.29, 1.82) is 0 Å². The van der Waals surface area contributed by atoms with Gasteiger partial charge in [0.05, 0.1) is 11.4 Å². The standard InChI is InChI=1S/C20H27N3O2S2/c1-4-21-20(22-14-16(2)26-18-8-6-5-7-9-18)23-15-17-10-12-19(13-11-17)27(3,24)25/h5-13,16H,4,14-15H2,1-3H3,(H2,21,22,23). The van der Waals surface area contributed by atoms with Gasteiger partial charge in [0.2, 0.25) is 0 Å². The third kappa shape index (κ3) is 7.64. The van der Waals surface area contributed by atoms with Crippen LogP contribution in [0.4, 0.5) is 0 Å². The van der Waals surface area contributed by atoms with Crippen molar-refractivity contribution >= 4 is 27.6 Å².